The Morgan fingerprint density at radius 2 is 2.06 bits per heavy atom. The Kier molecular flexibility index (Phi) is 4.46. The minimum absolute atomic E-state index is 0.194. The highest BCUT2D eigenvalue weighted by Crippen LogP contribution is 2.18. The van der Waals surface area contributed by atoms with Crippen molar-refractivity contribution in [1.82, 2.24) is 4.31 Å². The maximum absolute atomic E-state index is 13.2. The van der Waals surface area contributed by atoms with Crippen molar-refractivity contribution in [2.75, 3.05) is 12.8 Å². The molecule has 0 aromatic heterocycles. The van der Waals surface area contributed by atoms with Gasteiger partial charge in [-0.3, -0.25) is 0 Å². The Balaban J connectivity index is 2.91. The maximum Gasteiger partial charge on any atom is 0.211 e. The molecule has 0 heterocycles. The molecule has 1 aromatic rings. The van der Waals surface area contributed by atoms with Gasteiger partial charge in [-0.05, 0) is 33.6 Å². The maximum atomic E-state index is 13.2. The quantitative estimate of drug-likeness (QED) is 0.856. The highest BCUT2D eigenvalue weighted by molar-refractivity contribution is 9.10. The van der Waals surface area contributed by atoms with Gasteiger partial charge >= 0.3 is 0 Å². The standard InChI is InChI=1S/C10H13BrFNO2S/c1-3-13(16(2,14)15)7-8-4-5-9(11)10(12)6-8/h4-6H,3,7H2,1-2H3. The monoisotopic (exact) mass is 309 g/mol. The molecule has 1 aromatic carbocycles. The summed E-state index contributed by atoms with van der Waals surface area (Å²) < 4.78 is 37.6. The molecule has 0 radical (unpaired) electrons. The number of hydrogen-bond donors (Lipinski definition) is 0. The molecule has 0 N–H and O–H groups in total. The molecule has 3 nitrogen and oxygen atoms in total. The van der Waals surface area contributed by atoms with Crippen LogP contribution in [0.15, 0.2) is 22.7 Å². The molecule has 0 saturated heterocycles. The zero-order chi connectivity index (χ0) is 12.3. The predicted molar refractivity (Wildman–Crippen MR) is 65.0 cm³/mol. The van der Waals surface area contributed by atoms with Crippen LogP contribution in [0.25, 0.3) is 0 Å². The van der Waals surface area contributed by atoms with Crippen LogP contribution in [-0.4, -0.2) is 25.5 Å². The predicted octanol–water partition coefficient (Wildman–Crippen LogP) is 2.37. The molecule has 0 fully saturated rings. The summed E-state index contributed by atoms with van der Waals surface area (Å²) in [6.07, 6.45) is 1.14. The van der Waals surface area contributed by atoms with E-state index in [9.17, 15) is 12.8 Å². The molecule has 0 atom stereocenters. The number of sulfonamides is 1. The first-order chi connectivity index (χ1) is 7.34. The van der Waals surface area contributed by atoms with Crippen molar-refractivity contribution in [3.8, 4) is 0 Å². The molecule has 0 amide bonds. The topological polar surface area (TPSA) is 37.4 Å². The SMILES string of the molecule is CCN(Cc1ccc(Br)c(F)c1)S(C)(=O)=O. The van der Waals surface area contributed by atoms with Crippen molar-refractivity contribution in [1.29, 1.82) is 0 Å². The lowest BCUT2D eigenvalue weighted by molar-refractivity contribution is 0.426. The molecule has 16 heavy (non-hydrogen) atoms. The molecule has 0 saturated carbocycles. The van der Waals surface area contributed by atoms with E-state index in [1.54, 1.807) is 19.1 Å². The summed E-state index contributed by atoms with van der Waals surface area (Å²) in [6, 6.07) is 4.60. The van der Waals surface area contributed by atoms with Crippen LogP contribution >= 0.6 is 15.9 Å². The molecule has 90 valence electrons. The fourth-order valence-corrected chi connectivity index (χ4v) is 2.40. The van der Waals surface area contributed by atoms with Gasteiger partial charge in [-0.1, -0.05) is 13.0 Å². The van der Waals surface area contributed by atoms with Gasteiger partial charge in [0.1, 0.15) is 5.82 Å². The van der Waals surface area contributed by atoms with Crippen LogP contribution in [-0.2, 0) is 16.6 Å². The van der Waals surface area contributed by atoms with E-state index in [-0.39, 0.29) is 12.4 Å². The Labute approximate surface area is 103 Å². The first-order valence-corrected chi connectivity index (χ1v) is 7.37. The zero-order valence-electron chi connectivity index (χ0n) is 9.07. The molecule has 0 aliphatic heterocycles. The van der Waals surface area contributed by atoms with E-state index in [4.69, 9.17) is 0 Å². The first kappa shape index (κ1) is 13.6. The minimum Gasteiger partial charge on any atom is -0.212 e. The molecule has 0 spiro atoms. The van der Waals surface area contributed by atoms with Gasteiger partial charge in [0.05, 0.1) is 10.7 Å². The molecular formula is C10H13BrFNO2S. The second kappa shape index (κ2) is 5.25. The molecule has 6 heteroatoms. The van der Waals surface area contributed by atoms with E-state index >= 15 is 0 Å². The van der Waals surface area contributed by atoms with Gasteiger partial charge < -0.3 is 0 Å². The molecule has 1 rings (SSSR count). The zero-order valence-corrected chi connectivity index (χ0v) is 11.5. The lowest BCUT2D eigenvalue weighted by Gasteiger charge is -2.17. The van der Waals surface area contributed by atoms with Gasteiger partial charge in [0.15, 0.2) is 0 Å². The highest BCUT2D eigenvalue weighted by atomic mass is 79.9. The van der Waals surface area contributed by atoms with Crippen LogP contribution in [0, 0.1) is 5.82 Å². The summed E-state index contributed by atoms with van der Waals surface area (Å²) in [4.78, 5) is 0. The van der Waals surface area contributed by atoms with Crippen LogP contribution in [0.5, 0.6) is 0 Å². The number of hydrogen-bond acceptors (Lipinski definition) is 2. The normalized spacial score (nSPS) is 12.1. The summed E-state index contributed by atoms with van der Waals surface area (Å²) in [5, 5.41) is 0. The van der Waals surface area contributed by atoms with Gasteiger partial charge in [0.2, 0.25) is 10.0 Å². The second-order valence-electron chi connectivity index (χ2n) is 3.44. The lowest BCUT2D eigenvalue weighted by atomic mass is 10.2. The fourth-order valence-electron chi connectivity index (χ4n) is 1.31. The molecule has 0 bridgehead atoms. The van der Waals surface area contributed by atoms with E-state index < -0.39 is 10.0 Å². The van der Waals surface area contributed by atoms with Gasteiger partial charge in [0, 0.05) is 13.1 Å². The van der Waals surface area contributed by atoms with Crippen LogP contribution in [0.1, 0.15) is 12.5 Å². The fraction of sp³-hybridized carbons (Fsp3) is 0.400. The van der Waals surface area contributed by atoms with Crippen LogP contribution in [0.2, 0.25) is 0 Å². The molecular weight excluding hydrogens is 297 g/mol. The summed E-state index contributed by atoms with van der Waals surface area (Å²) in [5.41, 5.74) is 0.632. The number of rotatable bonds is 4. The number of halogens is 2. The molecule has 0 aliphatic rings. The van der Waals surface area contributed by atoms with E-state index in [1.807, 2.05) is 0 Å². The Hall–Kier alpha value is -0.460. The molecule has 0 unspecified atom stereocenters. The van der Waals surface area contributed by atoms with Crippen molar-refractivity contribution in [3.05, 3.63) is 34.1 Å². The van der Waals surface area contributed by atoms with Crippen LogP contribution < -0.4 is 0 Å². The van der Waals surface area contributed by atoms with Gasteiger partial charge in [-0.25, -0.2) is 12.8 Å². The third kappa shape index (κ3) is 3.54. The van der Waals surface area contributed by atoms with Gasteiger partial charge in [-0.15, -0.1) is 0 Å². The largest absolute Gasteiger partial charge is 0.212 e. The minimum atomic E-state index is -3.24. The Bertz CT molecular complexity index is 476. The Morgan fingerprint density at radius 3 is 2.50 bits per heavy atom. The summed E-state index contributed by atoms with van der Waals surface area (Å²) in [7, 11) is -3.24. The van der Waals surface area contributed by atoms with E-state index in [0.717, 1.165) is 6.26 Å². The third-order valence-electron chi connectivity index (χ3n) is 2.16. The van der Waals surface area contributed by atoms with Crippen LogP contribution in [0.4, 0.5) is 4.39 Å². The van der Waals surface area contributed by atoms with Crippen molar-refractivity contribution in [2.45, 2.75) is 13.5 Å². The third-order valence-corrected chi connectivity index (χ3v) is 4.13. The van der Waals surface area contributed by atoms with Gasteiger partial charge in [0.25, 0.3) is 0 Å². The van der Waals surface area contributed by atoms with E-state index in [1.165, 1.54) is 10.4 Å². The smallest absolute Gasteiger partial charge is 0.211 e. The second-order valence-corrected chi connectivity index (χ2v) is 6.27. The number of benzene rings is 1. The average molecular weight is 310 g/mol. The van der Waals surface area contributed by atoms with Crippen molar-refractivity contribution in [2.24, 2.45) is 0 Å². The average Bonchev–Trinajstić information content (AvgIpc) is 2.18. The summed E-state index contributed by atoms with van der Waals surface area (Å²) in [5.74, 6) is -0.387. The highest BCUT2D eigenvalue weighted by Gasteiger charge is 2.15. The molecule has 0 aliphatic carbocycles. The van der Waals surface area contributed by atoms with E-state index in [2.05, 4.69) is 15.9 Å². The summed E-state index contributed by atoms with van der Waals surface area (Å²) >= 11 is 3.05. The van der Waals surface area contributed by atoms with Crippen molar-refractivity contribution >= 4 is 26.0 Å². The lowest BCUT2D eigenvalue weighted by Crippen LogP contribution is -2.29. The Morgan fingerprint density at radius 1 is 1.44 bits per heavy atom. The first-order valence-electron chi connectivity index (χ1n) is 4.73. The summed E-state index contributed by atoms with van der Waals surface area (Å²) in [6.45, 7) is 2.31. The van der Waals surface area contributed by atoms with E-state index in [0.29, 0.717) is 16.6 Å². The van der Waals surface area contributed by atoms with Crippen molar-refractivity contribution in [3.63, 3.8) is 0 Å². The van der Waals surface area contributed by atoms with Crippen molar-refractivity contribution < 1.29 is 12.8 Å². The van der Waals surface area contributed by atoms with Crippen LogP contribution in [0.3, 0.4) is 0 Å². The number of nitrogens with zero attached hydrogens (tertiary/aromatic N) is 1. The van der Waals surface area contributed by atoms with Gasteiger partial charge in [-0.2, -0.15) is 4.31 Å².